The second kappa shape index (κ2) is 15.7. The van der Waals surface area contributed by atoms with Gasteiger partial charge in [-0.2, -0.15) is 0 Å². The van der Waals surface area contributed by atoms with Crippen LogP contribution in [-0.4, -0.2) is 29.4 Å². The van der Waals surface area contributed by atoms with Crippen molar-refractivity contribution in [2.75, 3.05) is 13.2 Å². The minimum atomic E-state index is -1.44. The highest BCUT2D eigenvalue weighted by atomic mass is 16.4. The molecule has 0 aromatic carbocycles. The van der Waals surface area contributed by atoms with Crippen LogP contribution in [-0.2, 0) is 4.79 Å². The van der Waals surface area contributed by atoms with E-state index in [9.17, 15) is 0 Å². The molecule has 58 valence electrons. The summed E-state index contributed by atoms with van der Waals surface area (Å²) in [5.74, 6) is -1.44. The number of quaternary nitrogens is 1. The fourth-order valence-electron chi connectivity index (χ4n) is 0. The zero-order valence-corrected chi connectivity index (χ0v) is 5.63. The Bertz CT molecular complexity index is 56.5. The van der Waals surface area contributed by atoms with Crippen LogP contribution in [0.1, 0.15) is 6.92 Å². The Kier molecular flexibility index (Phi) is 27.4. The molecule has 0 heterocycles. The van der Waals surface area contributed by atoms with Gasteiger partial charge in [0.1, 0.15) is 0 Å². The molecule has 0 saturated heterocycles. The van der Waals surface area contributed by atoms with Crippen molar-refractivity contribution in [1.29, 1.82) is 0 Å². The van der Waals surface area contributed by atoms with E-state index in [0.717, 1.165) is 0 Å². The van der Waals surface area contributed by atoms with Gasteiger partial charge in [-0.25, -0.2) is 0 Å². The summed E-state index contributed by atoms with van der Waals surface area (Å²) in [6, 6.07) is 0. The molecule has 0 radical (unpaired) electrons. The van der Waals surface area contributed by atoms with Gasteiger partial charge in [-0.05, 0) is 6.92 Å². The Morgan fingerprint density at radius 1 is 1.56 bits per heavy atom. The lowest BCUT2D eigenvalue weighted by atomic mass is 10.8. The molecular weight excluding hydrogens is 126 g/mol. The highest BCUT2D eigenvalue weighted by molar-refractivity contribution is 5.65. The first-order valence-corrected chi connectivity index (χ1v) is 2.10. The Hall–Kier alpha value is -0.650. The van der Waals surface area contributed by atoms with Crippen LogP contribution in [0, 0.1) is 0 Å². The van der Waals surface area contributed by atoms with Crippen LogP contribution in [0.2, 0.25) is 0 Å². The van der Waals surface area contributed by atoms with Crippen LogP contribution in [0.5, 0.6) is 0 Å². The monoisotopic (exact) mass is 139 g/mol. The van der Waals surface area contributed by atoms with Gasteiger partial charge in [0.25, 0.3) is 0 Å². The molecule has 0 aromatic rings. The summed E-state index contributed by atoms with van der Waals surface area (Å²) < 4.78 is 0. The van der Waals surface area contributed by atoms with Gasteiger partial charge in [-0.3, -0.25) is 0 Å². The molecular formula is C4H13NO4. The molecule has 0 spiro atoms. The van der Waals surface area contributed by atoms with Gasteiger partial charge in [0.05, 0.1) is 12.6 Å². The second-order valence-electron chi connectivity index (χ2n) is 0.846. The number of aliphatic hydroxyl groups is 2. The van der Waals surface area contributed by atoms with Crippen molar-refractivity contribution >= 4 is 5.97 Å². The molecule has 0 aliphatic heterocycles. The molecule has 0 rings (SSSR count). The van der Waals surface area contributed by atoms with E-state index in [2.05, 4.69) is 0 Å². The SMILES string of the molecule is CCO.O=C([O-])CO.[NH4+]. The van der Waals surface area contributed by atoms with E-state index in [1.807, 2.05) is 0 Å². The van der Waals surface area contributed by atoms with Crippen molar-refractivity contribution in [1.82, 2.24) is 6.15 Å². The average molecular weight is 139 g/mol. The topological polar surface area (TPSA) is 117 Å². The summed E-state index contributed by atoms with van der Waals surface area (Å²) in [5, 5.41) is 24.1. The summed E-state index contributed by atoms with van der Waals surface area (Å²) in [6.07, 6.45) is 0. The first-order valence-electron chi connectivity index (χ1n) is 2.10. The van der Waals surface area contributed by atoms with Crippen molar-refractivity contribution in [3.63, 3.8) is 0 Å². The van der Waals surface area contributed by atoms with Gasteiger partial charge in [-0.1, -0.05) is 0 Å². The molecule has 6 N–H and O–H groups in total. The molecule has 0 fully saturated rings. The zero-order chi connectivity index (χ0) is 6.99. The summed E-state index contributed by atoms with van der Waals surface area (Å²) in [6.45, 7) is 1.04. The third-order valence-electron chi connectivity index (χ3n) is 0.129. The van der Waals surface area contributed by atoms with Gasteiger partial charge in [0.15, 0.2) is 0 Å². The van der Waals surface area contributed by atoms with E-state index in [1.54, 1.807) is 6.92 Å². The van der Waals surface area contributed by atoms with Crippen molar-refractivity contribution in [2.45, 2.75) is 6.92 Å². The minimum Gasteiger partial charge on any atom is -0.548 e. The fourth-order valence-corrected chi connectivity index (χ4v) is 0. The predicted octanol–water partition coefficient (Wildman–Crippen LogP) is -1.90. The maximum Gasteiger partial charge on any atom is 0.0826 e. The highest BCUT2D eigenvalue weighted by Crippen LogP contribution is 1.40. The Morgan fingerprint density at radius 3 is 1.67 bits per heavy atom. The fraction of sp³-hybridized carbons (Fsp3) is 0.750. The molecule has 5 nitrogen and oxygen atoms in total. The number of carbonyl (C=O) groups is 1. The van der Waals surface area contributed by atoms with E-state index < -0.39 is 12.6 Å². The standard InChI is InChI=1S/C2H4O3.C2H6O.H3N/c3-1-2(4)5;1-2-3;/h3H,1H2,(H,4,5);3H,2H2,1H3;1H3. The van der Waals surface area contributed by atoms with Gasteiger partial charge in [-0.15, -0.1) is 0 Å². The maximum absolute atomic E-state index is 9.01. The van der Waals surface area contributed by atoms with Crippen LogP contribution in [0.3, 0.4) is 0 Å². The van der Waals surface area contributed by atoms with Crippen molar-refractivity contribution in [3.05, 3.63) is 0 Å². The van der Waals surface area contributed by atoms with Gasteiger partial charge in [0.2, 0.25) is 0 Å². The van der Waals surface area contributed by atoms with Gasteiger partial charge >= 0.3 is 0 Å². The van der Waals surface area contributed by atoms with Crippen LogP contribution in [0.25, 0.3) is 0 Å². The lowest BCUT2D eigenvalue weighted by Gasteiger charge is -1.86. The number of carboxylic acid groups (broad SMARTS) is 1. The predicted molar refractivity (Wildman–Crippen MR) is 30.8 cm³/mol. The molecule has 0 unspecified atom stereocenters. The molecule has 0 amide bonds. The number of aliphatic carboxylic acids is 1. The Morgan fingerprint density at radius 2 is 1.67 bits per heavy atom. The smallest absolute Gasteiger partial charge is 0.0826 e. The van der Waals surface area contributed by atoms with Crippen LogP contribution in [0.15, 0.2) is 0 Å². The summed E-state index contributed by atoms with van der Waals surface area (Å²) in [7, 11) is 0. The minimum absolute atomic E-state index is 0. The van der Waals surface area contributed by atoms with E-state index in [4.69, 9.17) is 20.1 Å². The van der Waals surface area contributed by atoms with Crippen LogP contribution < -0.4 is 11.3 Å². The third kappa shape index (κ3) is 115. The first kappa shape index (κ1) is 15.8. The number of hydrogen-bond acceptors (Lipinski definition) is 4. The van der Waals surface area contributed by atoms with Crippen molar-refractivity contribution < 1.29 is 20.1 Å². The summed E-state index contributed by atoms with van der Waals surface area (Å²) in [5.41, 5.74) is 0. The Labute approximate surface area is 53.5 Å². The molecule has 0 aliphatic carbocycles. The number of carbonyl (C=O) groups excluding carboxylic acids is 1. The zero-order valence-electron chi connectivity index (χ0n) is 5.63. The van der Waals surface area contributed by atoms with Gasteiger partial charge < -0.3 is 26.3 Å². The number of aliphatic hydroxyl groups excluding tert-OH is 2. The second-order valence-corrected chi connectivity index (χ2v) is 0.846. The molecule has 0 atom stereocenters. The van der Waals surface area contributed by atoms with Crippen LogP contribution in [0.4, 0.5) is 0 Å². The summed E-state index contributed by atoms with van der Waals surface area (Å²) in [4.78, 5) is 9.01. The lowest BCUT2D eigenvalue weighted by molar-refractivity contribution is -0.308. The molecule has 0 saturated carbocycles. The normalized spacial score (nSPS) is 6.11. The van der Waals surface area contributed by atoms with E-state index in [0.29, 0.717) is 0 Å². The third-order valence-corrected chi connectivity index (χ3v) is 0.129. The van der Waals surface area contributed by atoms with Crippen molar-refractivity contribution in [3.8, 4) is 0 Å². The number of hydrogen-bond donors (Lipinski definition) is 3. The van der Waals surface area contributed by atoms with Crippen LogP contribution >= 0.6 is 0 Å². The van der Waals surface area contributed by atoms with E-state index >= 15 is 0 Å². The molecule has 9 heavy (non-hydrogen) atoms. The average Bonchev–Trinajstić information content (AvgIpc) is 1.69. The summed E-state index contributed by atoms with van der Waals surface area (Å²) >= 11 is 0. The number of carboxylic acids is 1. The first-order chi connectivity index (χ1) is 3.68. The highest BCUT2D eigenvalue weighted by Gasteiger charge is 1.66. The van der Waals surface area contributed by atoms with E-state index in [-0.39, 0.29) is 12.8 Å². The molecule has 5 heteroatoms. The molecule has 0 bridgehead atoms. The number of rotatable bonds is 1. The maximum atomic E-state index is 9.01. The quantitative estimate of drug-likeness (QED) is 0.393. The van der Waals surface area contributed by atoms with Gasteiger partial charge in [0, 0.05) is 6.61 Å². The molecule has 0 aliphatic rings. The van der Waals surface area contributed by atoms with E-state index in [1.165, 1.54) is 0 Å². The Balaban J connectivity index is -0.0000000800. The largest absolute Gasteiger partial charge is 0.548 e. The van der Waals surface area contributed by atoms with Crippen molar-refractivity contribution in [2.24, 2.45) is 0 Å². The molecule has 0 aromatic heterocycles. The lowest BCUT2D eigenvalue weighted by Crippen LogP contribution is -2.25.